The summed E-state index contributed by atoms with van der Waals surface area (Å²) in [5.41, 5.74) is 0.690. The number of fused-ring (bicyclic) bond motifs is 1. The van der Waals surface area contributed by atoms with Gasteiger partial charge < -0.3 is 10.2 Å². The fourth-order valence-corrected chi connectivity index (χ4v) is 3.58. The molecule has 0 aliphatic heterocycles. The van der Waals surface area contributed by atoms with Crippen LogP contribution in [0.2, 0.25) is 0 Å². The van der Waals surface area contributed by atoms with Crippen LogP contribution < -0.4 is 5.32 Å². The SMILES string of the molecule is CN(CCCNC(=O)c1ccc2sccc2c1)C(=O)C1CCC1. The van der Waals surface area contributed by atoms with Crippen LogP contribution in [0.3, 0.4) is 0 Å². The average molecular weight is 330 g/mol. The first kappa shape index (κ1) is 16.0. The third-order valence-electron chi connectivity index (χ3n) is 4.50. The minimum absolute atomic E-state index is 0.0499. The summed E-state index contributed by atoms with van der Waals surface area (Å²) >= 11 is 1.67. The van der Waals surface area contributed by atoms with Crippen LogP contribution in [0.25, 0.3) is 10.1 Å². The summed E-state index contributed by atoms with van der Waals surface area (Å²) in [5.74, 6) is 0.448. The molecule has 3 rings (SSSR count). The monoisotopic (exact) mass is 330 g/mol. The van der Waals surface area contributed by atoms with Crippen molar-refractivity contribution in [2.45, 2.75) is 25.7 Å². The molecule has 0 atom stereocenters. The van der Waals surface area contributed by atoms with Crippen LogP contribution in [0.1, 0.15) is 36.0 Å². The molecule has 1 fully saturated rings. The number of thiophene rings is 1. The lowest BCUT2D eigenvalue weighted by molar-refractivity contribution is -0.136. The molecule has 4 nitrogen and oxygen atoms in total. The van der Waals surface area contributed by atoms with Crippen LogP contribution in [0.15, 0.2) is 29.6 Å². The van der Waals surface area contributed by atoms with Crippen molar-refractivity contribution in [1.82, 2.24) is 10.2 Å². The van der Waals surface area contributed by atoms with Crippen molar-refractivity contribution in [3.63, 3.8) is 0 Å². The van der Waals surface area contributed by atoms with Crippen molar-refractivity contribution in [2.24, 2.45) is 5.92 Å². The standard InChI is InChI=1S/C18H22N2O2S/c1-20(18(22)13-4-2-5-13)10-3-9-19-17(21)15-6-7-16-14(12-15)8-11-23-16/h6-8,11-13H,2-5,9-10H2,1H3,(H,19,21). The smallest absolute Gasteiger partial charge is 0.251 e. The lowest BCUT2D eigenvalue weighted by atomic mass is 9.84. The Kier molecular flexibility index (Phi) is 4.96. The Morgan fingerprint density at radius 3 is 2.87 bits per heavy atom. The first-order chi connectivity index (χ1) is 11.1. The fourth-order valence-electron chi connectivity index (χ4n) is 2.81. The molecule has 1 aliphatic carbocycles. The molecule has 0 radical (unpaired) electrons. The summed E-state index contributed by atoms with van der Waals surface area (Å²) in [6.07, 6.45) is 4.02. The van der Waals surface area contributed by atoms with Gasteiger partial charge in [0.05, 0.1) is 0 Å². The lowest BCUT2D eigenvalue weighted by Crippen LogP contribution is -2.37. The minimum atomic E-state index is -0.0499. The van der Waals surface area contributed by atoms with E-state index in [1.807, 2.05) is 36.7 Å². The molecule has 1 saturated carbocycles. The Balaban J connectivity index is 1.42. The van der Waals surface area contributed by atoms with E-state index >= 15 is 0 Å². The van der Waals surface area contributed by atoms with Crippen molar-refractivity contribution in [3.8, 4) is 0 Å². The second-order valence-corrected chi connectivity index (χ2v) is 7.12. The van der Waals surface area contributed by atoms with Crippen LogP contribution in [0.4, 0.5) is 0 Å². The number of carbonyl (C=O) groups excluding carboxylic acids is 2. The predicted molar refractivity (Wildman–Crippen MR) is 93.8 cm³/mol. The summed E-state index contributed by atoms with van der Waals surface area (Å²) < 4.78 is 1.19. The fraction of sp³-hybridized carbons (Fsp3) is 0.444. The molecule has 1 N–H and O–H groups in total. The van der Waals surface area contributed by atoms with Crippen molar-refractivity contribution in [1.29, 1.82) is 0 Å². The molecule has 1 aliphatic rings. The van der Waals surface area contributed by atoms with E-state index in [1.54, 1.807) is 16.2 Å². The van der Waals surface area contributed by atoms with Crippen LogP contribution in [-0.4, -0.2) is 36.9 Å². The largest absolute Gasteiger partial charge is 0.352 e. The summed E-state index contributed by atoms with van der Waals surface area (Å²) in [6.45, 7) is 1.28. The highest BCUT2D eigenvalue weighted by Gasteiger charge is 2.27. The van der Waals surface area contributed by atoms with E-state index < -0.39 is 0 Å². The van der Waals surface area contributed by atoms with E-state index in [4.69, 9.17) is 0 Å². The summed E-state index contributed by atoms with van der Waals surface area (Å²) in [7, 11) is 1.85. The minimum Gasteiger partial charge on any atom is -0.352 e. The maximum atomic E-state index is 12.2. The second kappa shape index (κ2) is 7.13. The highest BCUT2D eigenvalue weighted by Crippen LogP contribution is 2.27. The zero-order valence-electron chi connectivity index (χ0n) is 13.4. The van der Waals surface area contributed by atoms with Gasteiger partial charge in [0.2, 0.25) is 5.91 Å². The third-order valence-corrected chi connectivity index (χ3v) is 5.40. The van der Waals surface area contributed by atoms with Gasteiger partial charge >= 0.3 is 0 Å². The number of benzene rings is 1. The molecule has 1 aromatic carbocycles. The van der Waals surface area contributed by atoms with Gasteiger partial charge in [-0.3, -0.25) is 9.59 Å². The molecule has 0 spiro atoms. The molecule has 1 aromatic heterocycles. The van der Waals surface area contributed by atoms with Crippen LogP contribution in [0.5, 0.6) is 0 Å². The topological polar surface area (TPSA) is 49.4 Å². The van der Waals surface area contributed by atoms with Crippen molar-refractivity contribution >= 4 is 33.2 Å². The Morgan fingerprint density at radius 1 is 1.30 bits per heavy atom. The van der Waals surface area contributed by atoms with E-state index in [0.29, 0.717) is 18.7 Å². The van der Waals surface area contributed by atoms with E-state index in [0.717, 1.165) is 24.6 Å². The number of hydrogen-bond donors (Lipinski definition) is 1. The Labute approximate surface area is 140 Å². The molecule has 0 unspecified atom stereocenters. The molecule has 2 aromatic rings. The van der Waals surface area contributed by atoms with Crippen molar-refractivity contribution in [3.05, 3.63) is 35.2 Å². The van der Waals surface area contributed by atoms with Crippen LogP contribution in [0, 0.1) is 5.92 Å². The summed E-state index contributed by atoms with van der Waals surface area (Å²) in [4.78, 5) is 26.0. The van der Waals surface area contributed by atoms with E-state index in [2.05, 4.69) is 5.32 Å². The lowest BCUT2D eigenvalue weighted by Gasteiger charge is -2.29. The van der Waals surface area contributed by atoms with Gasteiger partial charge in [-0.25, -0.2) is 0 Å². The van der Waals surface area contributed by atoms with Gasteiger partial charge in [0.15, 0.2) is 0 Å². The van der Waals surface area contributed by atoms with E-state index in [1.165, 1.54) is 11.1 Å². The predicted octanol–water partition coefficient (Wildman–Crippen LogP) is 3.28. The van der Waals surface area contributed by atoms with Gasteiger partial charge in [0.1, 0.15) is 0 Å². The zero-order chi connectivity index (χ0) is 16.2. The number of amides is 2. The Bertz CT molecular complexity index is 706. The average Bonchev–Trinajstić information content (AvgIpc) is 2.96. The number of rotatable bonds is 6. The second-order valence-electron chi connectivity index (χ2n) is 6.17. The molecular formula is C18H22N2O2S. The molecular weight excluding hydrogens is 308 g/mol. The number of carbonyl (C=O) groups is 2. The van der Waals surface area contributed by atoms with Crippen LogP contribution >= 0.6 is 11.3 Å². The molecule has 0 saturated heterocycles. The van der Waals surface area contributed by atoms with Crippen molar-refractivity contribution < 1.29 is 9.59 Å². The first-order valence-electron chi connectivity index (χ1n) is 8.15. The van der Waals surface area contributed by atoms with Crippen molar-refractivity contribution in [2.75, 3.05) is 20.1 Å². The van der Waals surface area contributed by atoms with Gasteiger partial charge in [-0.05, 0) is 54.3 Å². The Morgan fingerprint density at radius 2 is 2.13 bits per heavy atom. The molecule has 5 heteroatoms. The maximum absolute atomic E-state index is 12.2. The van der Waals surface area contributed by atoms with Gasteiger partial charge in [-0.15, -0.1) is 11.3 Å². The normalized spacial score (nSPS) is 14.5. The molecule has 23 heavy (non-hydrogen) atoms. The maximum Gasteiger partial charge on any atom is 0.251 e. The van der Waals surface area contributed by atoms with Gasteiger partial charge in [-0.2, -0.15) is 0 Å². The van der Waals surface area contributed by atoms with E-state index in [9.17, 15) is 9.59 Å². The zero-order valence-corrected chi connectivity index (χ0v) is 14.2. The third kappa shape index (κ3) is 3.72. The number of hydrogen-bond acceptors (Lipinski definition) is 3. The van der Waals surface area contributed by atoms with Gasteiger partial charge in [-0.1, -0.05) is 6.42 Å². The molecule has 0 bridgehead atoms. The van der Waals surface area contributed by atoms with E-state index in [-0.39, 0.29) is 17.7 Å². The Hall–Kier alpha value is -1.88. The highest BCUT2D eigenvalue weighted by molar-refractivity contribution is 7.17. The summed E-state index contributed by atoms with van der Waals surface area (Å²) in [6, 6.07) is 7.80. The number of nitrogens with one attached hydrogen (secondary N) is 1. The van der Waals surface area contributed by atoms with Crippen LogP contribution in [-0.2, 0) is 4.79 Å². The molecule has 1 heterocycles. The first-order valence-corrected chi connectivity index (χ1v) is 9.03. The van der Waals surface area contributed by atoms with Gasteiger partial charge in [0.25, 0.3) is 5.91 Å². The quantitative estimate of drug-likeness (QED) is 0.826. The number of nitrogens with zero attached hydrogens (tertiary/aromatic N) is 1. The summed E-state index contributed by atoms with van der Waals surface area (Å²) in [5, 5.41) is 6.07. The highest BCUT2D eigenvalue weighted by atomic mass is 32.1. The molecule has 122 valence electrons. The molecule has 2 amide bonds. The van der Waals surface area contributed by atoms with Gasteiger partial charge in [0, 0.05) is 36.3 Å².